The highest BCUT2D eigenvalue weighted by Crippen LogP contribution is 2.28. The van der Waals surface area contributed by atoms with E-state index in [1.807, 2.05) is 6.07 Å². The molecule has 0 saturated carbocycles. The van der Waals surface area contributed by atoms with Gasteiger partial charge in [-0.15, -0.1) is 0 Å². The summed E-state index contributed by atoms with van der Waals surface area (Å²) in [5, 5.41) is 3.61. The molecule has 0 bridgehead atoms. The van der Waals surface area contributed by atoms with E-state index in [1.54, 1.807) is 14.2 Å². The van der Waals surface area contributed by atoms with Crippen LogP contribution in [0.2, 0.25) is 0 Å². The summed E-state index contributed by atoms with van der Waals surface area (Å²) < 4.78 is 10.7. The molecule has 108 valence electrons. The zero-order valence-electron chi connectivity index (χ0n) is 12.7. The summed E-state index contributed by atoms with van der Waals surface area (Å²) in [4.78, 5) is 0. The van der Waals surface area contributed by atoms with E-state index in [-0.39, 0.29) is 0 Å². The first-order chi connectivity index (χ1) is 9.24. The quantitative estimate of drug-likeness (QED) is 0.733. The summed E-state index contributed by atoms with van der Waals surface area (Å²) in [7, 11) is 3.39. The van der Waals surface area contributed by atoms with Crippen LogP contribution in [0.15, 0.2) is 18.2 Å². The molecule has 3 nitrogen and oxygen atoms in total. The number of ether oxygens (including phenoxy) is 2. The zero-order valence-corrected chi connectivity index (χ0v) is 12.7. The van der Waals surface area contributed by atoms with E-state index in [9.17, 15) is 0 Å². The largest absolute Gasteiger partial charge is 0.497 e. The molecule has 0 aliphatic rings. The van der Waals surface area contributed by atoms with E-state index in [0.29, 0.717) is 6.04 Å². The number of benzene rings is 1. The van der Waals surface area contributed by atoms with Crippen molar-refractivity contribution in [1.82, 2.24) is 5.32 Å². The highest BCUT2D eigenvalue weighted by Gasteiger charge is 2.12. The Kier molecular flexibility index (Phi) is 7.34. The number of hydrogen-bond donors (Lipinski definition) is 1. The maximum atomic E-state index is 5.35. The van der Waals surface area contributed by atoms with E-state index in [1.165, 1.54) is 18.4 Å². The molecule has 0 radical (unpaired) electrons. The maximum Gasteiger partial charge on any atom is 0.122 e. The molecule has 1 rings (SSSR count). The van der Waals surface area contributed by atoms with Gasteiger partial charge in [-0.25, -0.2) is 0 Å². The number of hydrogen-bond acceptors (Lipinski definition) is 3. The van der Waals surface area contributed by atoms with Gasteiger partial charge in [0.1, 0.15) is 11.5 Å². The molecule has 0 spiro atoms. The Morgan fingerprint density at radius 3 is 2.11 bits per heavy atom. The van der Waals surface area contributed by atoms with E-state index >= 15 is 0 Å². The molecule has 1 N–H and O–H groups in total. The minimum atomic E-state index is 0.379. The van der Waals surface area contributed by atoms with E-state index in [2.05, 4.69) is 31.3 Å². The lowest BCUT2D eigenvalue weighted by molar-refractivity contribution is 0.390. The highest BCUT2D eigenvalue weighted by molar-refractivity contribution is 5.39. The van der Waals surface area contributed by atoms with Crippen LogP contribution in [-0.4, -0.2) is 20.8 Å². The molecule has 1 unspecified atom stereocenters. The van der Waals surface area contributed by atoms with Crippen LogP contribution < -0.4 is 14.8 Å². The zero-order chi connectivity index (χ0) is 14.1. The molecule has 0 aliphatic carbocycles. The van der Waals surface area contributed by atoms with Gasteiger partial charge < -0.3 is 14.8 Å². The van der Waals surface area contributed by atoms with E-state index in [4.69, 9.17) is 9.47 Å². The van der Waals surface area contributed by atoms with Crippen molar-refractivity contribution in [1.29, 1.82) is 0 Å². The van der Waals surface area contributed by atoms with Crippen molar-refractivity contribution in [3.05, 3.63) is 23.8 Å². The first-order valence-corrected chi connectivity index (χ1v) is 7.21. The van der Waals surface area contributed by atoms with Crippen LogP contribution >= 0.6 is 0 Å². The van der Waals surface area contributed by atoms with Gasteiger partial charge in [0.15, 0.2) is 0 Å². The molecule has 1 aromatic carbocycles. The van der Waals surface area contributed by atoms with E-state index in [0.717, 1.165) is 30.9 Å². The van der Waals surface area contributed by atoms with Crippen LogP contribution in [0.4, 0.5) is 0 Å². The maximum absolute atomic E-state index is 5.35. The van der Waals surface area contributed by atoms with Crippen LogP contribution in [0, 0.1) is 0 Å². The van der Waals surface area contributed by atoms with Gasteiger partial charge >= 0.3 is 0 Å². The normalized spacial score (nSPS) is 12.2. The fraction of sp³-hybridized carbons (Fsp3) is 0.625. The molecule has 3 heteroatoms. The monoisotopic (exact) mass is 265 g/mol. The lowest BCUT2D eigenvalue weighted by atomic mass is 10.0. The van der Waals surface area contributed by atoms with Gasteiger partial charge in [-0.1, -0.05) is 26.7 Å². The second-order valence-corrected chi connectivity index (χ2v) is 4.79. The van der Waals surface area contributed by atoms with Gasteiger partial charge in [-0.05, 0) is 37.1 Å². The van der Waals surface area contributed by atoms with Crippen molar-refractivity contribution in [2.24, 2.45) is 0 Å². The summed E-state index contributed by atoms with van der Waals surface area (Å²) in [5.41, 5.74) is 1.25. The number of unbranched alkanes of at least 4 members (excludes halogenated alkanes) is 1. The van der Waals surface area contributed by atoms with Gasteiger partial charge in [0, 0.05) is 12.1 Å². The second-order valence-electron chi connectivity index (χ2n) is 4.79. The third-order valence-electron chi connectivity index (χ3n) is 3.26. The van der Waals surface area contributed by atoms with Gasteiger partial charge in [0.05, 0.1) is 14.2 Å². The molecule has 1 aromatic rings. The van der Waals surface area contributed by atoms with Crippen molar-refractivity contribution in [2.75, 3.05) is 20.8 Å². The van der Waals surface area contributed by atoms with Crippen molar-refractivity contribution >= 4 is 0 Å². The first-order valence-electron chi connectivity index (χ1n) is 7.21. The summed E-state index contributed by atoms with van der Waals surface area (Å²) in [5.74, 6) is 1.71. The molecule has 0 amide bonds. The molecule has 0 aromatic heterocycles. The molecule has 0 heterocycles. The third kappa shape index (κ3) is 5.11. The van der Waals surface area contributed by atoms with Gasteiger partial charge in [0.25, 0.3) is 0 Å². The predicted molar refractivity (Wildman–Crippen MR) is 80.1 cm³/mol. The average Bonchev–Trinajstić information content (AvgIpc) is 2.46. The fourth-order valence-electron chi connectivity index (χ4n) is 2.14. The minimum absolute atomic E-state index is 0.379. The third-order valence-corrected chi connectivity index (χ3v) is 3.26. The Morgan fingerprint density at radius 2 is 1.63 bits per heavy atom. The summed E-state index contributed by atoms with van der Waals surface area (Å²) in [6.45, 7) is 5.45. The fourth-order valence-corrected chi connectivity index (χ4v) is 2.14. The Morgan fingerprint density at radius 1 is 1.00 bits per heavy atom. The molecular weight excluding hydrogens is 238 g/mol. The number of methoxy groups -OCH3 is 2. The summed E-state index contributed by atoms with van der Waals surface area (Å²) in [6.07, 6.45) is 4.73. The standard InChI is InChI=1S/C16H27NO2/c1-5-7-8-16(17-9-6-2)13-10-14(18-3)12-15(11-13)19-4/h10-12,16-17H,5-9H2,1-4H3. The first kappa shape index (κ1) is 15.8. The molecule has 19 heavy (non-hydrogen) atoms. The van der Waals surface area contributed by atoms with E-state index < -0.39 is 0 Å². The Bertz CT molecular complexity index is 336. The Labute approximate surface area is 117 Å². The van der Waals surface area contributed by atoms with Crippen LogP contribution in [0.25, 0.3) is 0 Å². The summed E-state index contributed by atoms with van der Waals surface area (Å²) >= 11 is 0. The van der Waals surface area contributed by atoms with Crippen molar-refractivity contribution in [3.63, 3.8) is 0 Å². The Hall–Kier alpha value is -1.22. The molecular formula is C16H27NO2. The Balaban J connectivity index is 2.91. The lowest BCUT2D eigenvalue weighted by Crippen LogP contribution is -2.22. The topological polar surface area (TPSA) is 30.5 Å². The minimum Gasteiger partial charge on any atom is -0.497 e. The molecule has 0 aliphatic heterocycles. The molecule has 0 fully saturated rings. The van der Waals surface area contributed by atoms with Crippen molar-refractivity contribution < 1.29 is 9.47 Å². The predicted octanol–water partition coefficient (Wildman–Crippen LogP) is 3.93. The van der Waals surface area contributed by atoms with Crippen LogP contribution in [-0.2, 0) is 0 Å². The number of nitrogens with one attached hydrogen (secondary N) is 1. The van der Waals surface area contributed by atoms with Crippen molar-refractivity contribution in [2.45, 2.75) is 45.6 Å². The van der Waals surface area contributed by atoms with Gasteiger partial charge in [-0.3, -0.25) is 0 Å². The smallest absolute Gasteiger partial charge is 0.122 e. The summed E-state index contributed by atoms with van der Waals surface area (Å²) in [6, 6.07) is 6.50. The second kappa shape index (κ2) is 8.81. The van der Waals surface area contributed by atoms with Gasteiger partial charge in [0.2, 0.25) is 0 Å². The lowest BCUT2D eigenvalue weighted by Gasteiger charge is -2.20. The van der Waals surface area contributed by atoms with Crippen molar-refractivity contribution in [3.8, 4) is 11.5 Å². The van der Waals surface area contributed by atoms with Crippen LogP contribution in [0.5, 0.6) is 11.5 Å². The highest BCUT2D eigenvalue weighted by atomic mass is 16.5. The van der Waals surface area contributed by atoms with Gasteiger partial charge in [-0.2, -0.15) is 0 Å². The number of rotatable bonds is 9. The molecule has 1 atom stereocenters. The van der Waals surface area contributed by atoms with Crippen LogP contribution in [0.1, 0.15) is 51.1 Å². The SMILES string of the molecule is CCCCC(NCCC)c1cc(OC)cc(OC)c1. The average molecular weight is 265 g/mol. The van der Waals surface area contributed by atoms with Crippen LogP contribution in [0.3, 0.4) is 0 Å². The molecule has 0 saturated heterocycles.